The van der Waals surface area contributed by atoms with Crippen LogP contribution in [0, 0.1) is 0 Å². The number of nitrogens with zero attached hydrogens (tertiary/aromatic N) is 3. The van der Waals surface area contributed by atoms with E-state index in [2.05, 4.69) is 31.2 Å². The Morgan fingerprint density at radius 2 is 2.29 bits per heavy atom. The van der Waals surface area contributed by atoms with Crippen molar-refractivity contribution < 1.29 is 9.53 Å². The van der Waals surface area contributed by atoms with E-state index >= 15 is 0 Å². The first-order valence-electron chi connectivity index (χ1n) is 5.26. The first-order chi connectivity index (χ1) is 8.22. The minimum atomic E-state index is -0.366. The Labute approximate surface area is 108 Å². The van der Waals surface area contributed by atoms with Crippen LogP contribution < -0.4 is 10.2 Å². The molecule has 6 nitrogen and oxygen atoms in total. The average Bonchev–Trinajstić information content (AvgIpc) is 2.39. The molecule has 7 heteroatoms. The number of carbonyl (C=O) groups is 1. The summed E-state index contributed by atoms with van der Waals surface area (Å²) in [6.07, 6.45) is 3.33. The molecule has 1 saturated heterocycles. The van der Waals surface area contributed by atoms with E-state index in [4.69, 9.17) is 4.74 Å². The maximum absolute atomic E-state index is 11.7. The quantitative estimate of drug-likeness (QED) is 0.844. The molecule has 1 aromatic rings. The molecular weight excluding hydrogens is 288 g/mol. The van der Waals surface area contributed by atoms with Gasteiger partial charge in [0.25, 0.3) is 0 Å². The summed E-state index contributed by atoms with van der Waals surface area (Å²) in [4.78, 5) is 22.0. The largest absolute Gasteiger partial charge is 0.377 e. The van der Waals surface area contributed by atoms with E-state index in [0.717, 1.165) is 4.47 Å². The predicted molar refractivity (Wildman–Crippen MR) is 65.8 cm³/mol. The van der Waals surface area contributed by atoms with Crippen LogP contribution in [0.25, 0.3) is 0 Å². The van der Waals surface area contributed by atoms with Gasteiger partial charge in [-0.1, -0.05) is 0 Å². The van der Waals surface area contributed by atoms with Crippen LogP contribution in [0.1, 0.15) is 0 Å². The van der Waals surface area contributed by atoms with Crippen LogP contribution in [0.4, 0.5) is 5.95 Å². The highest BCUT2D eigenvalue weighted by Crippen LogP contribution is 2.16. The van der Waals surface area contributed by atoms with E-state index in [1.54, 1.807) is 19.4 Å². The van der Waals surface area contributed by atoms with Crippen LogP contribution in [-0.2, 0) is 9.53 Å². The van der Waals surface area contributed by atoms with Gasteiger partial charge in [0, 0.05) is 26.0 Å². The van der Waals surface area contributed by atoms with E-state index in [1.165, 1.54) is 0 Å². The number of anilines is 1. The summed E-state index contributed by atoms with van der Waals surface area (Å²) >= 11 is 3.28. The summed E-state index contributed by atoms with van der Waals surface area (Å²) < 4.78 is 6.12. The molecule has 17 heavy (non-hydrogen) atoms. The Bertz CT molecular complexity index is 398. The molecule has 0 saturated carbocycles. The van der Waals surface area contributed by atoms with E-state index < -0.39 is 0 Å². The number of rotatable bonds is 2. The van der Waals surface area contributed by atoms with Gasteiger partial charge in [0.15, 0.2) is 0 Å². The van der Waals surface area contributed by atoms with E-state index in [-0.39, 0.29) is 11.9 Å². The normalized spacial score (nSPS) is 20.1. The number of aromatic nitrogens is 2. The molecule has 0 spiro atoms. The fourth-order valence-electron chi connectivity index (χ4n) is 1.68. The van der Waals surface area contributed by atoms with Gasteiger partial charge in [-0.15, -0.1) is 0 Å². The number of hydrogen-bond acceptors (Lipinski definition) is 5. The molecule has 1 aliphatic heterocycles. The van der Waals surface area contributed by atoms with Crippen LogP contribution >= 0.6 is 15.9 Å². The van der Waals surface area contributed by atoms with Gasteiger partial charge in [0.2, 0.25) is 11.9 Å². The Hall–Kier alpha value is -1.21. The number of nitrogens with one attached hydrogen (secondary N) is 1. The van der Waals surface area contributed by atoms with E-state index in [9.17, 15) is 4.79 Å². The minimum Gasteiger partial charge on any atom is -0.377 e. The lowest BCUT2D eigenvalue weighted by Gasteiger charge is -2.34. The number of morpholine rings is 1. The molecule has 1 unspecified atom stereocenters. The fourth-order valence-corrected chi connectivity index (χ4v) is 1.89. The van der Waals surface area contributed by atoms with Crippen molar-refractivity contribution in [3.05, 3.63) is 16.9 Å². The highest BCUT2D eigenvalue weighted by molar-refractivity contribution is 9.10. The molecule has 0 radical (unpaired) electrons. The van der Waals surface area contributed by atoms with Crippen LogP contribution in [-0.4, -0.2) is 48.7 Å². The van der Waals surface area contributed by atoms with Crippen molar-refractivity contribution >= 4 is 27.8 Å². The van der Waals surface area contributed by atoms with Gasteiger partial charge in [-0.25, -0.2) is 9.97 Å². The fraction of sp³-hybridized carbons (Fsp3) is 0.500. The third-order valence-electron chi connectivity index (χ3n) is 2.54. The summed E-state index contributed by atoms with van der Waals surface area (Å²) in [5.41, 5.74) is 0. The molecule has 0 aliphatic carbocycles. The Morgan fingerprint density at radius 1 is 1.59 bits per heavy atom. The second kappa shape index (κ2) is 5.42. The lowest BCUT2D eigenvalue weighted by atomic mass is 10.2. The van der Waals surface area contributed by atoms with Gasteiger partial charge >= 0.3 is 0 Å². The maximum atomic E-state index is 11.7. The maximum Gasteiger partial charge on any atom is 0.244 e. The zero-order valence-corrected chi connectivity index (χ0v) is 11.0. The SMILES string of the molecule is CNC(=O)C1COCCN1c1ncc(Br)cn1. The van der Waals surface area contributed by atoms with Crippen molar-refractivity contribution in [1.82, 2.24) is 15.3 Å². The lowest BCUT2D eigenvalue weighted by Crippen LogP contribution is -2.54. The zero-order valence-electron chi connectivity index (χ0n) is 9.39. The van der Waals surface area contributed by atoms with Gasteiger partial charge in [-0.2, -0.15) is 0 Å². The van der Waals surface area contributed by atoms with Gasteiger partial charge < -0.3 is 15.0 Å². The Balaban J connectivity index is 2.21. The van der Waals surface area contributed by atoms with E-state index in [0.29, 0.717) is 25.7 Å². The van der Waals surface area contributed by atoms with Gasteiger partial charge in [0.05, 0.1) is 17.7 Å². The average molecular weight is 301 g/mol. The molecule has 2 rings (SSSR count). The highest BCUT2D eigenvalue weighted by atomic mass is 79.9. The topological polar surface area (TPSA) is 67.3 Å². The molecule has 1 aromatic heterocycles. The number of ether oxygens (including phenoxy) is 1. The number of halogens is 1. The molecule has 0 aromatic carbocycles. The number of likely N-dealkylation sites (N-methyl/N-ethyl adjacent to an activating group) is 1. The molecule has 1 atom stereocenters. The lowest BCUT2D eigenvalue weighted by molar-refractivity contribution is -0.124. The van der Waals surface area contributed by atoms with Crippen LogP contribution in [0.5, 0.6) is 0 Å². The number of hydrogen-bond donors (Lipinski definition) is 1. The molecule has 1 fully saturated rings. The minimum absolute atomic E-state index is 0.0868. The summed E-state index contributed by atoms with van der Waals surface area (Å²) in [5.74, 6) is 0.460. The monoisotopic (exact) mass is 300 g/mol. The van der Waals surface area contributed by atoms with Crippen molar-refractivity contribution in [2.75, 3.05) is 31.7 Å². The molecule has 1 N–H and O–H groups in total. The van der Waals surface area contributed by atoms with Crippen molar-refractivity contribution in [1.29, 1.82) is 0 Å². The van der Waals surface area contributed by atoms with Gasteiger partial charge in [-0.3, -0.25) is 4.79 Å². The van der Waals surface area contributed by atoms with Crippen LogP contribution in [0.15, 0.2) is 16.9 Å². The molecular formula is C10H13BrN4O2. The number of carbonyl (C=O) groups excluding carboxylic acids is 1. The van der Waals surface area contributed by atoms with Crippen molar-refractivity contribution in [3.8, 4) is 0 Å². The third kappa shape index (κ3) is 2.73. The van der Waals surface area contributed by atoms with Crippen molar-refractivity contribution in [2.45, 2.75) is 6.04 Å². The Kier molecular flexibility index (Phi) is 3.90. The summed E-state index contributed by atoms with van der Waals surface area (Å²) in [6.45, 7) is 1.55. The zero-order chi connectivity index (χ0) is 12.3. The molecule has 92 valence electrons. The molecule has 2 heterocycles. The second-order valence-corrected chi connectivity index (χ2v) is 4.52. The molecule has 1 amide bonds. The summed E-state index contributed by atoms with van der Waals surface area (Å²) in [5, 5.41) is 2.62. The van der Waals surface area contributed by atoms with Gasteiger partial charge in [-0.05, 0) is 15.9 Å². The number of amides is 1. The van der Waals surface area contributed by atoms with E-state index in [1.807, 2.05) is 4.90 Å². The van der Waals surface area contributed by atoms with Crippen molar-refractivity contribution in [2.24, 2.45) is 0 Å². The predicted octanol–water partition coefficient (Wildman–Crippen LogP) is 0.190. The highest BCUT2D eigenvalue weighted by Gasteiger charge is 2.30. The van der Waals surface area contributed by atoms with Crippen molar-refractivity contribution in [3.63, 3.8) is 0 Å². The smallest absolute Gasteiger partial charge is 0.244 e. The van der Waals surface area contributed by atoms with Gasteiger partial charge in [0.1, 0.15) is 6.04 Å². The standard InChI is InChI=1S/C10H13BrN4O2/c1-12-9(16)8-6-17-3-2-15(8)10-13-4-7(11)5-14-10/h4-5,8H,2-3,6H2,1H3,(H,12,16). The summed E-state index contributed by atoms with van der Waals surface area (Å²) in [6, 6.07) is -0.366. The van der Waals surface area contributed by atoms with Crippen LogP contribution in [0.3, 0.4) is 0 Å². The first-order valence-corrected chi connectivity index (χ1v) is 6.05. The first kappa shape index (κ1) is 12.3. The third-order valence-corrected chi connectivity index (χ3v) is 2.95. The molecule has 0 bridgehead atoms. The summed E-state index contributed by atoms with van der Waals surface area (Å²) in [7, 11) is 1.61. The molecule has 1 aliphatic rings. The van der Waals surface area contributed by atoms with Crippen LogP contribution in [0.2, 0.25) is 0 Å². The Morgan fingerprint density at radius 3 is 2.94 bits per heavy atom. The second-order valence-electron chi connectivity index (χ2n) is 3.60.